The topological polar surface area (TPSA) is 90.3 Å². The third-order valence-electron chi connectivity index (χ3n) is 10.5. The van der Waals surface area contributed by atoms with Crippen molar-refractivity contribution in [2.45, 2.75) is 78.0 Å². The van der Waals surface area contributed by atoms with Gasteiger partial charge in [-0.05, 0) is 97.9 Å². The molecule has 3 fully saturated rings. The first-order valence-corrected chi connectivity index (χ1v) is 16.4. The van der Waals surface area contributed by atoms with Crippen molar-refractivity contribution in [3.8, 4) is 5.75 Å². The minimum absolute atomic E-state index is 0.0301. The number of imide groups is 1. The van der Waals surface area contributed by atoms with E-state index in [2.05, 4.69) is 42.2 Å². The maximum absolute atomic E-state index is 14.0. The van der Waals surface area contributed by atoms with Gasteiger partial charge in [-0.3, -0.25) is 19.4 Å². The molecule has 0 saturated carbocycles. The van der Waals surface area contributed by atoms with Gasteiger partial charge in [-0.1, -0.05) is 48.9 Å². The number of fused-ring (bicyclic) bond motifs is 3. The number of hydrogen-bond donors (Lipinski definition) is 2. The largest absolute Gasteiger partial charge is 0.507 e. The zero-order chi connectivity index (χ0) is 31.0. The Bertz CT molecular complexity index is 1430. The molecule has 3 aliphatic heterocycles. The Labute approximate surface area is 261 Å². The highest BCUT2D eigenvalue weighted by Crippen LogP contribution is 2.50. The van der Waals surface area contributed by atoms with Gasteiger partial charge in [-0.15, -0.1) is 0 Å². The maximum atomic E-state index is 14.0. The van der Waals surface area contributed by atoms with Gasteiger partial charge < -0.3 is 14.9 Å². The van der Waals surface area contributed by atoms with Gasteiger partial charge in [0.05, 0.1) is 31.2 Å². The summed E-state index contributed by atoms with van der Waals surface area (Å²) >= 11 is 0. The number of aromatic hydroxyl groups is 1. The zero-order valence-corrected chi connectivity index (χ0v) is 26.3. The summed E-state index contributed by atoms with van der Waals surface area (Å²) in [5.41, 5.74) is 7.35. The molecule has 6 rings (SSSR count). The summed E-state index contributed by atoms with van der Waals surface area (Å²) < 4.78 is 6.36. The second-order valence-corrected chi connectivity index (χ2v) is 13.2. The number of hydrogen-bond acceptors (Lipinski definition) is 6. The molecule has 4 atom stereocenters. The van der Waals surface area contributed by atoms with Gasteiger partial charge in [0.25, 0.3) is 0 Å². The lowest BCUT2D eigenvalue weighted by atomic mass is 9.69. The Hall–Kier alpha value is -3.26. The van der Waals surface area contributed by atoms with E-state index in [1.807, 2.05) is 32.0 Å². The lowest BCUT2D eigenvalue weighted by Gasteiger charge is -2.36. The molecule has 3 saturated heterocycles. The molecule has 2 amide bonds. The normalized spacial score (nSPS) is 26.5. The van der Waals surface area contributed by atoms with Gasteiger partial charge in [0.1, 0.15) is 5.75 Å². The van der Waals surface area contributed by atoms with E-state index in [9.17, 15) is 19.8 Å². The molecule has 2 aromatic rings. The van der Waals surface area contributed by atoms with Crippen LogP contribution in [-0.2, 0) is 20.9 Å². The van der Waals surface area contributed by atoms with Gasteiger partial charge in [0.2, 0.25) is 11.8 Å². The van der Waals surface area contributed by atoms with Crippen molar-refractivity contribution >= 4 is 17.9 Å². The minimum Gasteiger partial charge on any atom is -0.507 e. The average Bonchev–Trinajstić information content (AvgIpc) is 3.56. The van der Waals surface area contributed by atoms with Gasteiger partial charge in [-0.25, -0.2) is 0 Å². The molecule has 0 unspecified atom stereocenters. The summed E-state index contributed by atoms with van der Waals surface area (Å²) in [6.07, 6.45) is 6.60. The van der Waals surface area contributed by atoms with Crippen LogP contribution in [0.5, 0.6) is 5.75 Å². The Morgan fingerprint density at radius 2 is 1.73 bits per heavy atom. The first-order valence-electron chi connectivity index (χ1n) is 16.4. The molecular formula is C37H46N2O5. The van der Waals surface area contributed by atoms with Crippen LogP contribution in [-0.4, -0.2) is 70.3 Å². The van der Waals surface area contributed by atoms with Crippen LogP contribution >= 0.6 is 0 Å². The number of rotatable bonds is 9. The van der Waals surface area contributed by atoms with Gasteiger partial charge in [0, 0.05) is 31.6 Å². The predicted octanol–water partition coefficient (Wildman–Crippen LogP) is 5.56. The summed E-state index contributed by atoms with van der Waals surface area (Å²) in [6, 6.07) is 14.4. The lowest BCUT2D eigenvalue weighted by molar-refractivity contribution is -0.144. The van der Waals surface area contributed by atoms with Crippen molar-refractivity contribution in [1.82, 2.24) is 9.80 Å². The van der Waals surface area contributed by atoms with Crippen LogP contribution < -0.4 is 0 Å². The van der Waals surface area contributed by atoms with Crippen LogP contribution in [0.2, 0.25) is 0 Å². The van der Waals surface area contributed by atoms with Crippen LogP contribution in [0.4, 0.5) is 0 Å². The summed E-state index contributed by atoms with van der Waals surface area (Å²) in [6.45, 7) is 8.93. The van der Waals surface area contributed by atoms with Gasteiger partial charge >= 0.3 is 0 Å². The molecular weight excluding hydrogens is 552 g/mol. The van der Waals surface area contributed by atoms with Gasteiger partial charge in [0.15, 0.2) is 0 Å². The van der Waals surface area contributed by atoms with Crippen molar-refractivity contribution in [1.29, 1.82) is 0 Å². The highest BCUT2D eigenvalue weighted by molar-refractivity contribution is 6.06. The number of allylic oxidation sites excluding steroid dienone is 1. The SMILES string of the molecule is CC/C(=C\c1cc(C)c(O)c(C)c1)CC[C@H]1OC[C@H]2C1=C(CO)C[C@H]1C(=O)N(C3CCN(Cc4ccccc4)CC3)C(=O)[C@H]12. The minimum atomic E-state index is -0.393. The third kappa shape index (κ3) is 5.90. The van der Waals surface area contributed by atoms with Crippen molar-refractivity contribution in [2.75, 3.05) is 26.3 Å². The summed E-state index contributed by atoms with van der Waals surface area (Å²) in [7, 11) is 0. The van der Waals surface area contributed by atoms with E-state index >= 15 is 0 Å². The number of ether oxygens (including phenoxy) is 1. The first-order chi connectivity index (χ1) is 21.3. The van der Waals surface area contributed by atoms with Crippen molar-refractivity contribution in [2.24, 2.45) is 17.8 Å². The fraction of sp³-hybridized carbons (Fsp3) is 0.514. The number of nitrogens with zero attached hydrogens (tertiary/aromatic N) is 2. The van der Waals surface area contributed by atoms with Crippen LogP contribution in [0.3, 0.4) is 0 Å². The standard InChI is InChI=1S/C37H46N2O5/c1-4-25(18-27-16-23(2)35(41)24(3)17-27)10-11-32-33-28(21-40)19-30-34(31(33)22-44-32)37(43)39(36(30)42)29-12-14-38(15-13-29)20-26-8-6-5-7-9-26/h5-9,16-18,29-32,34,40-41H,4,10-15,19-22H2,1-3H3/b25-18+/t30-,31+,32-,34-/m1/s1. The van der Waals surface area contributed by atoms with E-state index in [-0.39, 0.29) is 42.4 Å². The van der Waals surface area contributed by atoms with Gasteiger partial charge in [-0.2, -0.15) is 0 Å². The molecule has 234 valence electrons. The van der Waals surface area contributed by atoms with E-state index in [1.54, 1.807) is 4.90 Å². The van der Waals surface area contributed by atoms with E-state index in [1.165, 1.54) is 11.1 Å². The van der Waals surface area contributed by atoms with E-state index in [0.29, 0.717) is 18.8 Å². The molecule has 2 N–H and O–H groups in total. The van der Waals surface area contributed by atoms with E-state index < -0.39 is 5.92 Å². The number of phenols is 1. The Kier molecular flexibility index (Phi) is 9.08. The van der Waals surface area contributed by atoms with Crippen LogP contribution in [0.15, 0.2) is 59.2 Å². The fourth-order valence-electron chi connectivity index (χ4n) is 8.16. The number of aliphatic hydroxyl groups excluding tert-OH is 1. The third-order valence-corrected chi connectivity index (χ3v) is 10.5. The number of likely N-dealkylation sites (tertiary alicyclic amines) is 2. The van der Waals surface area contributed by atoms with Crippen molar-refractivity contribution < 1.29 is 24.5 Å². The monoisotopic (exact) mass is 598 g/mol. The fourth-order valence-corrected chi connectivity index (χ4v) is 8.16. The molecule has 1 aliphatic carbocycles. The number of piperidine rings is 1. The smallest absolute Gasteiger partial charge is 0.234 e. The van der Waals surface area contributed by atoms with Crippen molar-refractivity contribution in [3.63, 3.8) is 0 Å². The second-order valence-electron chi connectivity index (χ2n) is 13.2. The molecule has 0 bridgehead atoms. The molecule has 3 heterocycles. The van der Waals surface area contributed by atoms with E-state index in [0.717, 1.165) is 79.6 Å². The number of carbonyl (C=O) groups excluding carboxylic acids is 2. The lowest BCUT2D eigenvalue weighted by Crippen LogP contribution is -2.47. The highest BCUT2D eigenvalue weighted by atomic mass is 16.5. The molecule has 0 radical (unpaired) electrons. The summed E-state index contributed by atoms with van der Waals surface area (Å²) in [5.74, 6) is -0.656. The van der Waals surface area contributed by atoms with Crippen molar-refractivity contribution in [3.05, 3.63) is 81.4 Å². The summed E-state index contributed by atoms with van der Waals surface area (Å²) in [4.78, 5) is 31.8. The number of carbonyl (C=O) groups is 2. The number of amides is 2. The molecule has 0 spiro atoms. The maximum Gasteiger partial charge on any atom is 0.234 e. The quantitative estimate of drug-likeness (QED) is 0.290. The van der Waals surface area contributed by atoms with Crippen LogP contribution in [0, 0.1) is 31.6 Å². The molecule has 0 aromatic heterocycles. The first kappa shape index (κ1) is 30.8. The average molecular weight is 599 g/mol. The number of benzene rings is 2. The number of aliphatic hydroxyl groups is 1. The Balaban J connectivity index is 1.13. The Morgan fingerprint density at radius 1 is 1.02 bits per heavy atom. The molecule has 4 aliphatic rings. The highest BCUT2D eigenvalue weighted by Gasteiger charge is 2.58. The number of phenolic OH excluding ortho intramolecular Hbond substituents is 1. The molecule has 7 nitrogen and oxygen atoms in total. The number of aryl methyl sites for hydroxylation is 2. The molecule has 44 heavy (non-hydrogen) atoms. The zero-order valence-electron chi connectivity index (χ0n) is 26.3. The van der Waals surface area contributed by atoms with Crippen LogP contribution in [0.25, 0.3) is 6.08 Å². The Morgan fingerprint density at radius 3 is 2.39 bits per heavy atom. The second kappa shape index (κ2) is 13.0. The molecule has 2 aromatic carbocycles. The summed E-state index contributed by atoms with van der Waals surface area (Å²) in [5, 5.41) is 20.6. The van der Waals surface area contributed by atoms with E-state index in [4.69, 9.17) is 4.74 Å². The van der Waals surface area contributed by atoms with Crippen LogP contribution in [0.1, 0.15) is 67.7 Å². The molecule has 7 heteroatoms. The predicted molar refractivity (Wildman–Crippen MR) is 171 cm³/mol.